The van der Waals surface area contributed by atoms with E-state index in [0.29, 0.717) is 34.9 Å². The standard InChI is InChI=1S/C21H22N2O5/c1-3-4-11-27-18-8-5-14(12-19(18)26-2)6-10-20(24)22-15-7-9-17-16(13-15)23-21(25)28-17/h5-10,12-13H,3-4,11H2,1-2H3,(H,22,24)(H,23,25)/b10-6+. The molecular weight excluding hydrogens is 360 g/mol. The molecule has 146 valence electrons. The van der Waals surface area contributed by atoms with Crippen LogP contribution in [0.2, 0.25) is 0 Å². The summed E-state index contributed by atoms with van der Waals surface area (Å²) in [6.07, 6.45) is 5.14. The molecule has 0 saturated heterocycles. The van der Waals surface area contributed by atoms with Gasteiger partial charge in [-0.3, -0.25) is 9.78 Å². The maximum Gasteiger partial charge on any atom is 0.417 e. The molecule has 0 fully saturated rings. The molecule has 1 heterocycles. The predicted molar refractivity (Wildman–Crippen MR) is 108 cm³/mol. The van der Waals surface area contributed by atoms with Crippen molar-refractivity contribution in [1.82, 2.24) is 4.98 Å². The Kier molecular flexibility index (Phi) is 6.16. The van der Waals surface area contributed by atoms with Crippen LogP contribution in [0.5, 0.6) is 11.5 Å². The van der Waals surface area contributed by atoms with Crippen LogP contribution in [-0.2, 0) is 4.79 Å². The molecule has 7 nitrogen and oxygen atoms in total. The largest absolute Gasteiger partial charge is 0.493 e. The molecule has 0 saturated carbocycles. The van der Waals surface area contributed by atoms with Crippen LogP contribution >= 0.6 is 0 Å². The number of aromatic nitrogens is 1. The summed E-state index contributed by atoms with van der Waals surface area (Å²) in [6, 6.07) is 10.4. The second-order valence-corrected chi connectivity index (χ2v) is 6.16. The average molecular weight is 382 g/mol. The Morgan fingerprint density at radius 2 is 2.07 bits per heavy atom. The third-order valence-electron chi connectivity index (χ3n) is 4.06. The first-order valence-corrected chi connectivity index (χ1v) is 9.02. The average Bonchev–Trinajstić information content (AvgIpc) is 3.06. The minimum atomic E-state index is -0.533. The van der Waals surface area contributed by atoms with Gasteiger partial charge in [0.25, 0.3) is 0 Å². The van der Waals surface area contributed by atoms with Gasteiger partial charge in [-0.05, 0) is 48.4 Å². The zero-order chi connectivity index (χ0) is 19.9. The summed E-state index contributed by atoms with van der Waals surface area (Å²) in [5, 5.41) is 2.74. The minimum absolute atomic E-state index is 0.299. The third kappa shape index (κ3) is 4.82. The van der Waals surface area contributed by atoms with Crippen molar-refractivity contribution in [3.05, 3.63) is 58.6 Å². The van der Waals surface area contributed by atoms with Crippen molar-refractivity contribution in [2.45, 2.75) is 19.8 Å². The van der Waals surface area contributed by atoms with E-state index < -0.39 is 5.76 Å². The van der Waals surface area contributed by atoms with Crippen LogP contribution in [0.1, 0.15) is 25.3 Å². The van der Waals surface area contributed by atoms with Crippen molar-refractivity contribution in [3.8, 4) is 11.5 Å². The van der Waals surface area contributed by atoms with E-state index in [1.165, 1.54) is 6.08 Å². The summed E-state index contributed by atoms with van der Waals surface area (Å²) in [5.41, 5.74) is 2.32. The van der Waals surface area contributed by atoms with Gasteiger partial charge < -0.3 is 19.2 Å². The molecule has 3 rings (SSSR count). The number of benzene rings is 2. The van der Waals surface area contributed by atoms with Crippen molar-refractivity contribution in [3.63, 3.8) is 0 Å². The molecule has 0 aliphatic rings. The zero-order valence-corrected chi connectivity index (χ0v) is 15.8. The number of rotatable bonds is 8. The lowest BCUT2D eigenvalue weighted by Gasteiger charge is -2.11. The van der Waals surface area contributed by atoms with Crippen LogP contribution in [0, 0.1) is 0 Å². The van der Waals surface area contributed by atoms with Crippen molar-refractivity contribution >= 4 is 28.8 Å². The Morgan fingerprint density at radius 3 is 2.86 bits per heavy atom. The van der Waals surface area contributed by atoms with Crippen LogP contribution in [0.15, 0.2) is 51.7 Å². The van der Waals surface area contributed by atoms with Gasteiger partial charge >= 0.3 is 5.76 Å². The molecule has 0 atom stereocenters. The van der Waals surface area contributed by atoms with Crippen molar-refractivity contribution in [1.29, 1.82) is 0 Å². The highest BCUT2D eigenvalue weighted by Crippen LogP contribution is 2.28. The lowest BCUT2D eigenvalue weighted by atomic mass is 10.2. The molecule has 0 radical (unpaired) electrons. The fourth-order valence-electron chi connectivity index (χ4n) is 2.62. The van der Waals surface area contributed by atoms with Gasteiger partial charge in [-0.1, -0.05) is 19.4 Å². The van der Waals surface area contributed by atoms with E-state index in [9.17, 15) is 9.59 Å². The number of ether oxygens (including phenoxy) is 2. The van der Waals surface area contributed by atoms with Crippen molar-refractivity contribution in [2.75, 3.05) is 19.0 Å². The predicted octanol–water partition coefficient (Wildman–Crippen LogP) is 3.96. The molecular formula is C21H22N2O5. The number of amides is 1. The Morgan fingerprint density at radius 1 is 1.21 bits per heavy atom. The number of aromatic amines is 1. The van der Waals surface area contributed by atoms with E-state index in [2.05, 4.69) is 17.2 Å². The van der Waals surface area contributed by atoms with Gasteiger partial charge in [0, 0.05) is 11.8 Å². The van der Waals surface area contributed by atoms with Gasteiger partial charge in [-0.25, -0.2) is 4.79 Å². The van der Waals surface area contributed by atoms with Crippen LogP contribution in [0.3, 0.4) is 0 Å². The highest BCUT2D eigenvalue weighted by Gasteiger charge is 2.06. The quantitative estimate of drug-likeness (QED) is 0.454. The second kappa shape index (κ2) is 8.94. The summed E-state index contributed by atoms with van der Waals surface area (Å²) >= 11 is 0. The first kappa shape index (κ1) is 19.3. The van der Waals surface area contributed by atoms with Gasteiger partial charge in [0.1, 0.15) is 0 Å². The number of H-pyrrole nitrogens is 1. The van der Waals surface area contributed by atoms with Gasteiger partial charge in [0.15, 0.2) is 17.1 Å². The number of anilines is 1. The fourth-order valence-corrected chi connectivity index (χ4v) is 2.62. The van der Waals surface area contributed by atoms with Gasteiger partial charge in [0.2, 0.25) is 5.91 Å². The van der Waals surface area contributed by atoms with Gasteiger partial charge in [-0.15, -0.1) is 0 Å². The number of hydrogen-bond donors (Lipinski definition) is 2. The number of methoxy groups -OCH3 is 1. The molecule has 2 aromatic carbocycles. The summed E-state index contributed by atoms with van der Waals surface area (Å²) in [6.45, 7) is 2.74. The molecule has 0 aliphatic heterocycles. The molecule has 0 bridgehead atoms. The van der Waals surface area contributed by atoms with E-state index in [-0.39, 0.29) is 5.91 Å². The number of oxazole rings is 1. The maximum atomic E-state index is 12.2. The van der Waals surface area contributed by atoms with Crippen molar-refractivity contribution in [2.24, 2.45) is 0 Å². The number of nitrogens with one attached hydrogen (secondary N) is 2. The second-order valence-electron chi connectivity index (χ2n) is 6.16. The first-order chi connectivity index (χ1) is 13.6. The Bertz CT molecular complexity index is 1050. The third-order valence-corrected chi connectivity index (χ3v) is 4.06. The molecule has 7 heteroatoms. The SMILES string of the molecule is CCCCOc1ccc(/C=C/C(=O)Nc2ccc3oc(=O)[nH]c3c2)cc1OC. The van der Waals surface area contributed by atoms with Crippen LogP contribution < -0.4 is 20.5 Å². The smallest absolute Gasteiger partial charge is 0.417 e. The lowest BCUT2D eigenvalue weighted by molar-refractivity contribution is -0.111. The summed E-state index contributed by atoms with van der Waals surface area (Å²) in [4.78, 5) is 25.9. The Labute approximate surface area is 162 Å². The Balaban J connectivity index is 1.66. The fraction of sp³-hybridized carbons (Fsp3) is 0.238. The van der Waals surface area contributed by atoms with Gasteiger partial charge in [0.05, 0.1) is 19.2 Å². The molecule has 0 spiro atoms. The van der Waals surface area contributed by atoms with E-state index in [1.54, 1.807) is 31.4 Å². The van der Waals surface area contributed by atoms with Crippen LogP contribution in [-0.4, -0.2) is 24.6 Å². The molecule has 1 amide bonds. The highest BCUT2D eigenvalue weighted by molar-refractivity contribution is 6.02. The lowest BCUT2D eigenvalue weighted by Crippen LogP contribution is -2.07. The normalized spacial score (nSPS) is 11.1. The topological polar surface area (TPSA) is 93.6 Å². The summed E-state index contributed by atoms with van der Waals surface area (Å²) in [5.74, 6) is 0.467. The van der Waals surface area contributed by atoms with Gasteiger partial charge in [-0.2, -0.15) is 0 Å². The number of hydrogen-bond acceptors (Lipinski definition) is 5. The Hall–Kier alpha value is -3.48. The molecule has 1 aromatic heterocycles. The highest BCUT2D eigenvalue weighted by atomic mass is 16.5. The number of carbonyl (C=O) groups is 1. The van der Waals surface area contributed by atoms with Crippen LogP contribution in [0.4, 0.5) is 5.69 Å². The number of unbranched alkanes of at least 4 members (excludes halogenated alkanes) is 1. The maximum absolute atomic E-state index is 12.2. The van der Waals surface area contributed by atoms with Crippen LogP contribution in [0.25, 0.3) is 17.2 Å². The first-order valence-electron chi connectivity index (χ1n) is 9.02. The van der Waals surface area contributed by atoms with Crippen molar-refractivity contribution < 1.29 is 18.7 Å². The summed E-state index contributed by atoms with van der Waals surface area (Å²) < 4.78 is 16.0. The minimum Gasteiger partial charge on any atom is -0.493 e. The van der Waals surface area contributed by atoms with E-state index in [0.717, 1.165) is 18.4 Å². The molecule has 0 aliphatic carbocycles. The zero-order valence-electron chi connectivity index (χ0n) is 15.8. The van der Waals surface area contributed by atoms with E-state index >= 15 is 0 Å². The molecule has 2 N–H and O–H groups in total. The summed E-state index contributed by atoms with van der Waals surface area (Å²) in [7, 11) is 1.58. The van der Waals surface area contributed by atoms with E-state index in [1.807, 2.05) is 18.2 Å². The molecule has 28 heavy (non-hydrogen) atoms. The van der Waals surface area contributed by atoms with E-state index in [4.69, 9.17) is 13.9 Å². The molecule has 3 aromatic rings. The number of carbonyl (C=O) groups excluding carboxylic acids is 1. The number of fused-ring (bicyclic) bond motifs is 1. The monoisotopic (exact) mass is 382 g/mol. The molecule has 0 unspecified atom stereocenters.